The fourth-order valence-corrected chi connectivity index (χ4v) is 11.1. The van der Waals surface area contributed by atoms with E-state index in [0.717, 1.165) is 12.8 Å². The predicted octanol–water partition coefficient (Wildman–Crippen LogP) is 6.09. The van der Waals surface area contributed by atoms with Gasteiger partial charge in [0.15, 0.2) is 18.1 Å². The van der Waals surface area contributed by atoms with Gasteiger partial charge >= 0.3 is 0 Å². The Morgan fingerprint density at radius 1 is 0.971 bits per heavy atom. The molecular formula is C29H54O4Si2. The van der Waals surface area contributed by atoms with Crippen LogP contribution >= 0.6 is 0 Å². The molecule has 0 aromatic carbocycles. The van der Waals surface area contributed by atoms with Crippen LogP contribution in [-0.4, -0.2) is 52.7 Å². The number of fused-ring (bicyclic) bond motifs is 3. The Morgan fingerprint density at radius 2 is 1.60 bits per heavy atom. The summed E-state index contributed by atoms with van der Waals surface area (Å²) in [6.07, 6.45) is 12.4. The highest BCUT2D eigenvalue weighted by molar-refractivity contribution is 6.48. The number of rotatable bonds is 8. The molecule has 1 heterocycles. The van der Waals surface area contributed by atoms with Gasteiger partial charge in [-0.15, -0.1) is 0 Å². The Labute approximate surface area is 219 Å². The van der Waals surface area contributed by atoms with Crippen molar-refractivity contribution in [2.45, 2.75) is 129 Å². The zero-order valence-corrected chi connectivity index (χ0v) is 26.6. The monoisotopic (exact) mass is 522 g/mol. The molecule has 3 saturated carbocycles. The number of epoxide rings is 1. The highest BCUT2D eigenvalue weighted by Gasteiger charge is 2.79. The minimum absolute atomic E-state index is 0.0390. The van der Waals surface area contributed by atoms with Gasteiger partial charge < -0.3 is 18.7 Å². The van der Waals surface area contributed by atoms with Crippen LogP contribution in [0.15, 0.2) is 12.2 Å². The lowest BCUT2D eigenvalue weighted by Gasteiger charge is -2.49. The molecule has 7 atom stereocenters. The van der Waals surface area contributed by atoms with E-state index >= 15 is 0 Å². The molecule has 202 valence electrons. The average molecular weight is 523 g/mol. The van der Waals surface area contributed by atoms with Crippen LogP contribution in [-0.2, 0) is 13.6 Å². The van der Waals surface area contributed by atoms with Crippen molar-refractivity contribution in [2.24, 2.45) is 34.5 Å². The van der Waals surface area contributed by atoms with Crippen molar-refractivity contribution in [3.8, 4) is 0 Å². The molecule has 4 nitrogen and oxygen atoms in total. The zero-order valence-electron chi connectivity index (χ0n) is 24.3. The molecule has 0 bridgehead atoms. The van der Waals surface area contributed by atoms with Gasteiger partial charge in [-0.3, -0.25) is 0 Å². The molecule has 1 aliphatic heterocycles. The number of allylic oxidation sites excluding steroid dienone is 1. The number of aliphatic hydroxyl groups excluding tert-OH is 1. The summed E-state index contributed by atoms with van der Waals surface area (Å²) in [4.78, 5) is 0. The van der Waals surface area contributed by atoms with E-state index in [1.165, 1.54) is 25.7 Å². The van der Waals surface area contributed by atoms with Crippen molar-refractivity contribution in [3.63, 3.8) is 0 Å². The van der Waals surface area contributed by atoms with Gasteiger partial charge in [-0.25, -0.2) is 0 Å². The van der Waals surface area contributed by atoms with Gasteiger partial charge in [-0.05, 0) is 86.4 Å². The molecule has 6 heteroatoms. The summed E-state index contributed by atoms with van der Waals surface area (Å²) in [6, 6.07) is 0. The van der Waals surface area contributed by atoms with E-state index in [2.05, 4.69) is 79.9 Å². The fourth-order valence-electron chi connectivity index (χ4n) is 8.40. The van der Waals surface area contributed by atoms with Crippen molar-refractivity contribution in [2.75, 3.05) is 6.61 Å². The van der Waals surface area contributed by atoms with Gasteiger partial charge in [0.05, 0.1) is 17.8 Å². The Balaban J connectivity index is 1.77. The highest BCUT2D eigenvalue weighted by Crippen LogP contribution is 2.69. The van der Waals surface area contributed by atoms with E-state index in [-0.39, 0.29) is 40.3 Å². The fraction of sp³-hybridized carbons (Fsp3) is 0.931. The second kappa shape index (κ2) is 9.34. The summed E-state index contributed by atoms with van der Waals surface area (Å²) in [7, 11) is -2.56. The van der Waals surface area contributed by atoms with E-state index in [1.54, 1.807) is 0 Å². The topological polar surface area (TPSA) is 51.2 Å². The molecule has 0 amide bonds. The molecule has 0 spiro atoms. The molecule has 2 unspecified atom stereocenters. The molecule has 3 aliphatic carbocycles. The van der Waals surface area contributed by atoms with Gasteiger partial charge in [-0.1, -0.05) is 66.5 Å². The van der Waals surface area contributed by atoms with Crippen LogP contribution in [0.4, 0.5) is 0 Å². The Hall–Kier alpha value is 0.0138. The summed E-state index contributed by atoms with van der Waals surface area (Å²) in [5.41, 5.74) is -0.593. The molecule has 4 aliphatic rings. The lowest BCUT2D eigenvalue weighted by molar-refractivity contribution is -0.0411. The summed E-state index contributed by atoms with van der Waals surface area (Å²) in [5.74, 6) is 1.94. The van der Waals surface area contributed by atoms with E-state index in [1.807, 2.05) is 0 Å². The number of hydrogen-bond donors (Lipinski definition) is 1. The molecule has 4 fully saturated rings. The second-order valence-electron chi connectivity index (χ2n) is 15.0. The minimum atomic E-state index is -1.29. The number of ether oxygens (including phenoxy) is 1. The second-order valence-corrected chi connectivity index (χ2v) is 19.6. The van der Waals surface area contributed by atoms with Gasteiger partial charge in [0.25, 0.3) is 0 Å². The molecule has 1 saturated heterocycles. The van der Waals surface area contributed by atoms with Gasteiger partial charge in [0.2, 0.25) is 0 Å². The van der Waals surface area contributed by atoms with Crippen LogP contribution in [0.2, 0.25) is 26.2 Å². The van der Waals surface area contributed by atoms with Crippen LogP contribution in [0.3, 0.4) is 0 Å². The molecule has 0 aromatic rings. The first-order chi connectivity index (χ1) is 16.1. The lowest BCUT2D eigenvalue weighted by atomic mass is 9.66. The maximum atomic E-state index is 10.3. The van der Waals surface area contributed by atoms with Crippen molar-refractivity contribution >= 4 is 18.1 Å². The van der Waals surface area contributed by atoms with Crippen LogP contribution in [0.25, 0.3) is 0 Å². The molecule has 4 rings (SSSR count). The first kappa shape index (κ1) is 28.0. The molecule has 0 aromatic heterocycles. The van der Waals surface area contributed by atoms with Crippen molar-refractivity contribution < 1.29 is 18.7 Å². The van der Waals surface area contributed by atoms with E-state index in [4.69, 9.17) is 13.6 Å². The third kappa shape index (κ3) is 4.71. The maximum Gasteiger partial charge on any atom is 0.172 e. The Bertz CT molecular complexity index is 793. The van der Waals surface area contributed by atoms with E-state index in [9.17, 15) is 5.11 Å². The summed E-state index contributed by atoms with van der Waals surface area (Å²) in [6.45, 7) is 23.7. The largest absolute Gasteiger partial charge is 0.412 e. The predicted molar refractivity (Wildman–Crippen MR) is 150 cm³/mol. The first-order valence-electron chi connectivity index (χ1n) is 14.5. The van der Waals surface area contributed by atoms with Gasteiger partial charge in [0, 0.05) is 0 Å². The van der Waals surface area contributed by atoms with Crippen molar-refractivity contribution in [1.29, 1.82) is 0 Å². The standard InChI is InChI=1S/C29H54O4Si2/c1-25(2,3)22-18-28(32-34(7)8)23(17-27(19-30)24(28)31-27)21(22)15-16-29(26(4,5)6,33-35(9)10)20-13-11-12-14-20/h15-16,20-24,30,34-35H,11-14,17-19H2,1-10H3/t21-,22+,23-,24?,27?,28-,29+/m0/s1. The normalized spacial score (nSPS) is 39.6. The van der Waals surface area contributed by atoms with E-state index < -0.39 is 18.1 Å². The first-order valence-corrected chi connectivity index (χ1v) is 20.0. The quantitative estimate of drug-likeness (QED) is 0.238. The maximum absolute atomic E-state index is 10.3. The lowest BCUT2D eigenvalue weighted by Crippen LogP contribution is -2.51. The van der Waals surface area contributed by atoms with Crippen molar-refractivity contribution in [1.82, 2.24) is 0 Å². The average Bonchev–Trinajstić information content (AvgIpc) is 3.02. The minimum Gasteiger partial charge on any atom is -0.412 e. The molecule has 0 radical (unpaired) electrons. The van der Waals surface area contributed by atoms with Gasteiger partial charge in [-0.2, -0.15) is 0 Å². The van der Waals surface area contributed by atoms with Gasteiger partial charge in [0.1, 0.15) is 11.7 Å². The Kier molecular flexibility index (Phi) is 7.48. The number of aliphatic hydroxyl groups is 1. The third-order valence-electron chi connectivity index (χ3n) is 9.84. The Morgan fingerprint density at radius 3 is 2.09 bits per heavy atom. The van der Waals surface area contributed by atoms with Crippen LogP contribution < -0.4 is 0 Å². The summed E-state index contributed by atoms with van der Waals surface area (Å²) < 4.78 is 20.3. The number of hydrogen-bond acceptors (Lipinski definition) is 4. The third-order valence-corrected chi connectivity index (χ3v) is 11.6. The summed E-state index contributed by atoms with van der Waals surface area (Å²) in [5, 5.41) is 10.3. The zero-order chi connectivity index (χ0) is 26.0. The van der Waals surface area contributed by atoms with E-state index in [0.29, 0.717) is 23.7 Å². The SMILES string of the molecule is C[SiH](C)O[C@@]12C[C@@H](C(C)(C)C)[C@H](C=C[C@@](O[SiH](C)C)(C3CCCC3)C(C)(C)C)[C@@H]1CC1(CO)OC12. The van der Waals surface area contributed by atoms with Crippen molar-refractivity contribution in [3.05, 3.63) is 12.2 Å². The smallest absolute Gasteiger partial charge is 0.172 e. The molecule has 1 N–H and O–H groups in total. The van der Waals surface area contributed by atoms with Crippen LogP contribution in [0.5, 0.6) is 0 Å². The van der Waals surface area contributed by atoms with Crippen LogP contribution in [0, 0.1) is 34.5 Å². The van der Waals surface area contributed by atoms with Crippen LogP contribution in [0.1, 0.15) is 80.1 Å². The summed E-state index contributed by atoms with van der Waals surface area (Å²) >= 11 is 0. The molecule has 35 heavy (non-hydrogen) atoms. The highest BCUT2D eigenvalue weighted by atomic mass is 28.3. The molecular weight excluding hydrogens is 468 g/mol.